The fourth-order valence-electron chi connectivity index (χ4n) is 2.56. The Morgan fingerprint density at radius 1 is 1.09 bits per heavy atom. The van der Waals surface area contributed by atoms with Crippen molar-refractivity contribution >= 4 is 69.8 Å². The largest absolute Gasteiger partial charge is 0.345 e. The third-order valence-electron chi connectivity index (χ3n) is 4.28. The van der Waals surface area contributed by atoms with Gasteiger partial charge in [-0.1, -0.05) is 46.6 Å². The predicted molar refractivity (Wildman–Crippen MR) is 126 cm³/mol. The topological polar surface area (TPSA) is 132 Å². The maximum absolute atomic E-state index is 12.3. The number of anilines is 1. The van der Waals surface area contributed by atoms with Crippen LogP contribution in [-0.2, 0) is 18.4 Å². The van der Waals surface area contributed by atoms with Crippen LogP contribution >= 0.6 is 46.6 Å². The monoisotopic (exact) mass is 528 g/mol. The molecule has 3 aromatic rings. The minimum Gasteiger partial charge on any atom is -0.345 e. The van der Waals surface area contributed by atoms with E-state index in [0.29, 0.717) is 21.6 Å². The number of thioether (sulfide) groups is 1. The normalized spacial score (nSPS) is 10.7. The molecule has 3 rings (SSSR count). The van der Waals surface area contributed by atoms with Crippen LogP contribution in [0.4, 0.5) is 11.4 Å². The Morgan fingerprint density at radius 2 is 1.82 bits per heavy atom. The average molecular weight is 530 g/mol. The van der Waals surface area contributed by atoms with E-state index in [1.165, 1.54) is 30.3 Å². The Morgan fingerprint density at radius 3 is 2.52 bits per heavy atom. The summed E-state index contributed by atoms with van der Waals surface area (Å²) in [6.45, 7) is 0.0959. The number of carbonyl (C=O) groups is 2. The zero-order valence-corrected chi connectivity index (χ0v) is 19.9. The molecule has 0 aliphatic carbocycles. The number of hydrogen-bond donors (Lipinski definition) is 2. The van der Waals surface area contributed by atoms with Gasteiger partial charge in [0, 0.05) is 24.7 Å². The molecule has 172 valence electrons. The molecule has 0 fully saturated rings. The second-order valence-corrected chi connectivity index (χ2v) is 8.69. The van der Waals surface area contributed by atoms with E-state index in [1.807, 2.05) is 0 Å². The molecule has 0 atom stereocenters. The lowest BCUT2D eigenvalue weighted by molar-refractivity contribution is -0.384. The number of hydrogen-bond acceptors (Lipinski definition) is 7. The molecular weight excluding hydrogens is 515 g/mol. The highest BCUT2D eigenvalue weighted by atomic mass is 35.5. The number of nitro benzene ring substituents is 1. The quantitative estimate of drug-likeness (QED) is 0.252. The van der Waals surface area contributed by atoms with Crippen LogP contribution in [-0.4, -0.2) is 37.3 Å². The molecule has 0 aliphatic heterocycles. The zero-order valence-electron chi connectivity index (χ0n) is 16.8. The summed E-state index contributed by atoms with van der Waals surface area (Å²) in [5, 5.41) is 25.4. The highest BCUT2D eigenvalue weighted by molar-refractivity contribution is 7.99. The van der Waals surface area contributed by atoms with Gasteiger partial charge in [0.1, 0.15) is 0 Å². The Bertz CT molecular complexity index is 1240. The van der Waals surface area contributed by atoms with E-state index in [0.717, 1.165) is 11.8 Å². The Labute approximate surface area is 206 Å². The summed E-state index contributed by atoms with van der Waals surface area (Å²) in [6.07, 6.45) is 0. The molecule has 0 unspecified atom stereocenters. The lowest BCUT2D eigenvalue weighted by Gasteiger charge is -2.08. The Hall–Kier alpha value is -2.86. The van der Waals surface area contributed by atoms with E-state index in [4.69, 9.17) is 34.8 Å². The predicted octanol–water partition coefficient (Wildman–Crippen LogP) is 4.34. The van der Waals surface area contributed by atoms with Crippen LogP contribution in [0.1, 0.15) is 16.2 Å². The van der Waals surface area contributed by atoms with Crippen LogP contribution in [0.2, 0.25) is 15.1 Å². The van der Waals surface area contributed by atoms with Crippen LogP contribution in [0.15, 0.2) is 41.6 Å². The number of amides is 2. The minimum absolute atomic E-state index is 0.0410. The highest BCUT2D eigenvalue weighted by Crippen LogP contribution is 2.27. The molecule has 1 aromatic heterocycles. The second-order valence-electron chi connectivity index (χ2n) is 6.53. The van der Waals surface area contributed by atoms with E-state index >= 15 is 0 Å². The van der Waals surface area contributed by atoms with Crippen molar-refractivity contribution in [3.63, 3.8) is 0 Å². The Balaban J connectivity index is 1.56. The van der Waals surface area contributed by atoms with Crippen LogP contribution in [0.5, 0.6) is 0 Å². The van der Waals surface area contributed by atoms with Gasteiger partial charge in [-0.15, -0.1) is 10.2 Å². The zero-order chi connectivity index (χ0) is 24.1. The molecule has 0 saturated carbocycles. The summed E-state index contributed by atoms with van der Waals surface area (Å²) in [6, 6.07) is 8.30. The standard InChI is InChI=1S/C19H15Cl3N6O4S/c1-27-16(8-23-18(30)10-2-4-12(20)14(22)6-10)25-26-19(27)33-9-17(29)24-15-7-11(28(31)32)3-5-13(15)21/h2-7H,8-9H2,1H3,(H,23,30)(H,24,29). The summed E-state index contributed by atoms with van der Waals surface area (Å²) in [4.78, 5) is 34.9. The maximum atomic E-state index is 12.3. The van der Waals surface area contributed by atoms with Gasteiger partial charge in [0.15, 0.2) is 11.0 Å². The van der Waals surface area contributed by atoms with E-state index < -0.39 is 10.8 Å². The summed E-state index contributed by atoms with van der Waals surface area (Å²) in [5.41, 5.74) is 0.293. The van der Waals surface area contributed by atoms with E-state index in [1.54, 1.807) is 17.7 Å². The first-order valence-corrected chi connectivity index (χ1v) is 11.3. The van der Waals surface area contributed by atoms with E-state index in [-0.39, 0.29) is 39.6 Å². The van der Waals surface area contributed by atoms with Crippen LogP contribution < -0.4 is 10.6 Å². The first-order valence-electron chi connectivity index (χ1n) is 9.14. The molecule has 14 heteroatoms. The third kappa shape index (κ3) is 6.35. The van der Waals surface area contributed by atoms with Gasteiger partial charge < -0.3 is 15.2 Å². The first kappa shape index (κ1) is 24.8. The van der Waals surface area contributed by atoms with E-state index in [9.17, 15) is 19.7 Å². The van der Waals surface area contributed by atoms with Gasteiger partial charge in [-0.25, -0.2) is 0 Å². The second kappa shape index (κ2) is 10.8. The third-order valence-corrected chi connectivity index (χ3v) is 6.37. The molecule has 0 aliphatic rings. The van der Waals surface area contributed by atoms with Crippen molar-refractivity contribution in [1.29, 1.82) is 0 Å². The number of benzene rings is 2. The molecule has 0 spiro atoms. The Kier molecular flexibility index (Phi) is 8.14. The number of aromatic nitrogens is 3. The summed E-state index contributed by atoms with van der Waals surface area (Å²) in [5.74, 6) is -0.368. The summed E-state index contributed by atoms with van der Waals surface area (Å²) < 4.78 is 1.63. The van der Waals surface area contributed by atoms with Gasteiger partial charge in [-0.05, 0) is 24.3 Å². The van der Waals surface area contributed by atoms with Crippen LogP contribution in [0.25, 0.3) is 0 Å². The van der Waals surface area contributed by atoms with Gasteiger partial charge in [0.05, 0.1) is 38.0 Å². The fraction of sp³-hybridized carbons (Fsp3) is 0.158. The van der Waals surface area contributed by atoms with E-state index in [2.05, 4.69) is 20.8 Å². The number of nitro groups is 1. The van der Waals surface area contributed by atoms with Crippen molar-refractivity contribution < 1.29 is 14.5 Å². The highest BCUT2D eigenvalue weighted by Gasteiger charge is 2.16. The molecule has 2 amide bonds. The maximum Gasteiger partial charge on any atom is 0.271 e. The number of non-ortho nitro benzene ring substituents is 1. The van der Waals surface area contributed by atoms with Gasteiger partial charge in [-0.3, -0.25) is 19.7 Å². The summed E-state index contributed by atoms with van der Waals surface area (Å²) >= 11 is 18.9. The summed E-state index contributed by atoms with van der Waals surface area (Å²) in [7, 11) is 1.69. The minimum atomic E-state index is -0.581. The van der Waals surface area contributed by atoms with Crippen LogP contribution in [0.3, 0.4) is 0 Å². The number of nitrogens with one attached hydrogen (secondary N) is 2. The lowest BCUT2D eigenvalue weighted by Crippen LogP contribution is -2.24. The number of carbonyl (C=O) groups excluding carboxylic acids is 2. The molecule has 1 heterocycles. The van der Waals surface area contributed by atoms with Crippen molar-refractivity contribution in [1.82, 2.24) is 20.1 Å². The van der Waals surface area contributed by atoms with Crippen molar-refractivity contribution in [2.75, 3.05) is 11.1 Å². The number of halogens is 3. The molecular formula is C19H15Cl3N6O4S. The fourth-order valence-corrected chi connectivity index (χ4v) is 3.76. The van der Waals surface area contributed by atoms with Crippen molar-refractivity contribution in [3.05, 3.63) is 73.0 Å². The van der Waals surface area contributed by atoms with Crippen molar-refractivity contribution in [3.8, 4) is 0 Å². The first-order chi connectivity index (χ1) is 15.7. The molecule has 33 heavy (non-hydrogen) atoms. The number of nitrogens with zero attached hydrogens (tertiary/aromatic N) is 4. The molecule has 0 saturated heterocycles. The smallest absolute Gasteiger partial charge is 0.271 e. The molecule has 2 N–H and O–H groups in total. The van der Waals surface area contributed by atoms with Gasteiger partial charge in [0.25, 0.3) is 11.6 Å². The van der Waals surface area contributed by atoms with Gasteiger partial charge in [-0.2, -0.15) is 0 Å². The molecule has 0 radical (unpaired) electrons. The van der Waals surface area contributed by atoms with Crippen LogP contribution in [0, 0.1) is 10.1 Å². The molecule has 0 bridgehead atoms. The molecule has 10 nitrogen and oxygen atoms in total. The lowest BCUT2D eigenvalue weighted by atomic mass is 10.2. The van der Waals surface area contributed by atoms with Gasteiger partial charge >= 0.3 is 0 Å². The molecule has 2 aromatic carbocycles. The SMILES string of the molecule is Cn1c(CNC(=O)c2ccc(Cl)c(Cl)c2)nnc1SCC(=O)Nc1cc([N+](=O)[O-])ccc1Cl. The average Bonchev–Trinajstić information content (AvgIpc) is 3.13. The van der Waals surface area contributed by atoms with Crippen molar-refractivity contribution in [2.24, 2.45) is 7.05 Å². The number of rotatable bonds is 8. The van der Waals surface area contributed by atoms with Gasteiger partial charge in [0.2, 0.25) is 5.91 Å². The van der Waals surface area contributed by atoms with Crippen molar-refractivity contribution in [2.45, 2.75) is 11.7 Å².